The largest absolute Gasteiger partial charge is 0.489 e. The molecule has 8 heteroatoms. The summed E-state index contributed by atoms with van der Waals surface area (Å²) in [5.41, 5.74) is -0.165. The first kappa shape index (κ1) is 17.9. The number of nitrogens with zero attached hydrogens (tertiary/aromatic N) is 3. The van der Waals surface area contributed by atoms with Gasteiger partial charge in [0.1, 0.15) is 23.2 Å². The van der Waals surface area contributed by atoms with Gasteiger partial charge in [0.25, 0.3) is 0 Å². The minimum Gasteiger partial charge on any atom is -0.489 e. The number of hydrogen-bond donors (Lipinski definition) is 0. The molecule has 7 nitrogen and oxygen atoms in total. The molecule has 0 aliphatic carbocycles. The smallest absolute Gasteiger partial charge is 0.342 e. The SMILES string of the molecule is COC(=O)c1ccc(N2CCC(Oc3ccc(OC)nc3)CC2)nc1F. The molecule has 26 heavy (non-hydrogen) atoms. The van der Waals surface area contributed by atoms with Gasteiger partial charge in [0.15, 0.2) is 0 Å². The molecule has 0 radical (unpaired) electrons. The fraction of sp³-hybridized carbons (Fsp3) is 0.389. The van der Waals surface area contributed by atoms with Gasteiger partial charge in [0.05, 0.1) is 20.4 Å². The summed E-state index contributed by atoms with van der Waals surface area (Å²) < 4.78 is 29.5. The Morgan fingerprint density at radius 3 is 2.54 bits per heavy atom. The van der Waals surface area contributed by atoms with Crippen LogP contribution in [0, 0.1) is 5.95 Å². The van der Waals surface area contributed by atoms with Gasteiger partial charge in [0, 0.05) is 32.0 Å². The maximum atomic E-state index is 14.0. The van der Waals surface area contributed by atoms with E-state index in [4.69, 9.17) is 9.47 Å². The second-order valence-electron chi connectivity index (χ2n) is 5.84. The highest BCUT2D eigenvalue weighted by molar-refractivity contribution is 5.89. The molecule has 1 aliphatic rings. The second kappa shape index (κ2) is 7.99. The van der Waals surface area contributed by atoms with Gasteiger partial charge in [-0.05, 0) is 18.2 Å². The topological polar surface area (TPSA) is 73.8 Å². The molecule has 0 spiro atoms. The normalized spacial score (nSPS) is 14.8. The van der Waals surface area contributed by atoms with Crippen molar-refractivity contribution in [1.82, 2.24) is 9.97 Å². The zero-order valence-electron chi connectivity index (χ0n) is 14.6. The van der Waals surface area contributed by atoms with E-state index in [9.17, 15) is 9.18 Å². The number of esters is 1. The van der Waals surface area contributed by atoms with Crippen molar-refractivity contribution in [3.8, 4) is 11.6 Å². The lowest BCUT2D eigenvalue weighted by atomic mass is 10.1. The molecule has 0 saturated carbocycles. The molecule has 2 aromatic heterocycles. The monoisotopic (exact) mass is 361 g/mol. The van der Waals surface area contributed by atoms with Crippen LogP contribution in [0.1, 0.15) is 23.2 Å². The zero-order valence-corrected chi connectivity index (χ0v) is 14.6. The minimum absolute atomic E-state index is 0.0561. The first-order valence-electron chi connectivity index (χ1n) is 8.27. The van der Waals surface area contributed by atoms with Crippen LogP contribution in [0.25, 0.3) is 0 Å². The van der Waals surface area contributed by atoms with Crippen molar-refractivity contribution in [2.45, 2.75) is 18.9 Å². The molecule has 1 saturated heterocycles. The van der Waals surface area contributed by atoms with Gasteiger partial charge in [-0.25, -0.2) is 14.8 Å². The maximum absolute atomic E-state index is 14.0. The maximum Gasteiger partial charge on any atom is 0.342 e. The summed E-state index contributed by atoms with van der Waals surface area (Å²) in [5, 5.41) is 0. The highest BCUT2D eigenvalue weighted by Gasteiger charge is 2.23. The van der Waals surface area contributed by atoms with Crippen LogP contribution >= 0.6 is 0 Å². The number of aromatic nitrogens is 2. The van der Waals surface area contributed by atoms with Crippen molar-refractivity contribution in [3.63, 3.8) is 0 Å². The highest BCUT2D eigenvalue weighted by atomic mass is 19.1. The van der Waals surface area contributed by atoms with Gasteiger partial charge < -0.3 is 19.1 Å². The van der Waals surface area contributed by atoms with Crippen LogP contribution in [0.5, 0.6) is 11.6 Å². The molecule has 1 aliphatic heterocycles. The summed E-state index contributed by atoms with van der Waals surface area (Å²) in [6.45, 7) is 1.36. The number of methoxy groups -OCH3 is 2. The quantitative estimate of drug-likeness (QED) is 0.598. The summed E-state index contributed by atoms with van der Waals surface area (Å²) in [4.78, 5) is 21.4. The Kier molecular flexibility index (Phi) is 5.50. The van der Waals surface area contributed by atoms with Crippen LogP contribution in [0.15, 0.2) is 30.5 Å². The predicted octanol–water partition coefficient (Wildman–Crippen LogP) is 2.46. The molecule has 1 fully saturated rings. The minimum atomic E-state index is -0.822. The molecule has 0 unspecified atom stereocenters. The predicted molar refractivity (Wildman–Crippen MR) is 92.2 cm³/mol. The van der Waals surface area contributed by atoms with Gasteiger partial charge in [-0.3, -0.25) is 0 Å². The number of hydrogen-bond acceptors (Lipinski definition) is 7. The lowest BCUT2D eigenvalue weighted by molar-refractivity contribution is 0.0594. The number of ether oxygens (including phenoxy) is 3. The van der Waals surface area contributed by atoms with Gasteiger partial charge in [0.2, 0.25) is 11.8 Å². The summed E-state index contributed by atoms with van der Waals surface area (Å²) in [5.74, 6) is 0.171. The van der Waals surface area contributed by atoms with E-state index in [1.165, 1.54) is 13.2 Å². The van der Waals surface area contributed by atoms with Gasteiger partial charge >= 0.3 is 5.97 Å². The van der Waals surface area contributed by atoms with Gasteiger partial charge in [-0.15, -0.1) is 0 Å². The number of piperidine rings is 1. The number of anilines is 1. The van der Waals surface area contributed by atoms with Crippen LogP contribution in [-0.2, 0) is 4.74 Å². The summed E-state index contributed by atoms with van der Waals surface area (Å²) in [7, 11) is 2.77. The Labute approximate surface area is 150 Å². The first-order valence-corrected chi connectivity index (χ1v) is 8.27. The van der Waals surface area contributed by atoms with E-state index in [0.717, 1.165) is 12.8 Å². The Hall–Kier alpha value is -2.90. The lowest BCUT2D eigenvalue weighted by Gasteiger charge is -2.32. The number of pyridine rings is 2. The zero-order chi connectivity index (χ0) is 18.5. The number of carbonyl (C=O) groups excluding carboxylic acids is 1. The fourth-order valence-electron chi connectivity index (χ4n) is 2.82. The van der Waals surface area contributed by atoms with Crippen LogP contribution < -0.4 is 14.4 Å². The summed E-state index contributed by atoms with van der Waals surface area (Å²) in [6, 6.07) is 6.60. The molecule has 0 bridgehead atoms. The Bertz CT molecular complexity index is 762. The van der Waals surface area contributed by atoms with Gasteiger partial charge in [-0.1, -0.05) is 0 Å². The van der Waals surface area contributed by atoms with Gasteiger partial charge in [-0.2, -0.15) is 4.39 Å². The molecule has 0 aromatic carbocycles. The van der Waals surface area contributed by atoms with Crippen molar-refractivity contribution in [2.75, 3.05) is 32.2 Å². The van der Waals surface area contributed by atoms with E-state index >= 15 is 0 Å². The lowest BCUT2D eigenvalue weighted by Crippen LogP contribution is -2.38. The van der Waals surface area contributed by atoms with E-state index in [2.05, 4.69) is 14.7 Å². The van der Waals surface area contributed by atoms with Crippen molar-refractivity contribution < 1.29 is 23.4 Å². The number of rotatable bonds is 5. The molecule has 3 heterocycles. The Morgan fingerprint density at radius 1 is 1.19 bits per heavy atom. The van der Waals surface area contributed by atoms with Crippen molar-refractivity contribution >= 4 is 11.8 Å². The highest BCUT2D eigenvalue weighted by Crippen LogP contribution is 2.23. The molecule has 3 rings (SSSR count). The summed E-state index contributed by atoms with van der Waals surface area (Å²) in [6.07, 6.45) is 3.23. The Morgan fingerprint density at radius 2 is 1.96 bits per heavy atom. The molecule has 0 atom stereocenters. The molecule has 2 aromatic rings. The standard InChI is InChI=1S/C18H20FN3O4/c1-24-16-6-3-13(11-20-16)26-12-7-9-22(10-8-12)15-5-4-14(17(19)21-15)18(23)25-2/h3-6,11-12H,7-10H2,1-2H3. The molecule has 0 amide bonds. The third-order valence-corrected chi connectivity index (χ3v) is 4.23. The average molecular weight is 361 g/mol. The van der Waals surface area contributed by atoms with E-state index in [1.807, 2.05) is 11.0 Å². The fourth-order valence-corrected chi connectivity index (χ4v) is 2.82. The summed E-state index contributed by atoms with van der Waals surface area (Å²) >= 11 is 0. The van der Waals surface area contributed by atoms with Crippen LogP contribution in [0.3, 0.4) is 0 Å². The van der Waals surface area contributed by atoms with Crippen LogP contribution in [0.2, 0.25) is 0 Å². The van der Waals surface area contributed by atoms with Crippen LogP contribution in [-0.4, -0.2) is 49.4 Å². The molecule has 0 N–H and O–H groups in total. The second-order valence-corrected chi connectivity index (χ2v) is 5.84. The van der Waals surface area contributed by atoms with Crippen LogP contribution in [0.4, 0.5) is 10.2 Å². The van der Waals surface area contributed by atoms with Crippen molar-refractivity contribution in [3.05, 3.63) is 42.0 Å². The van der Waals surface area contributed by atoms with E-state index in [1.54, 1.807) is 25.4 Å². The number of halogens is 1. The number of carbonyl (C=O) groups is 1. The average Bonchev–Trinajstić information content (AvgIpc) is 2.68. The third kappa shape index (κ3) is 4.01. The van der Waals surface area contributed by atoms with E-state index in [0.29, 0.717) is 30.5 Å². The molecular weight excluding hydrogens is 341 g/mol. The first-order chi connectivity index (χ1) is 12.6. The van der Waals surface area contributed by atoms with Crippen molar-refractivity contribution in [1.29, 1.82) is 0 Å². The molecular formula is C18H20FN3O4. The third-order valence-electron chi connectivity index (χ3n) is 4.23. The van der Waals surface area contributed by atoms with E-state index in [-0.39, 0.29) is 11.7 Å². The molecule has 138 valence electrons. The van der Waals surface area contributed by atoms with Crippen molar-refractivity contribution in [2.24, 2.45) is 0 Å². The van der Waals surface area contributed by atoms with E-state index < -0.39 is 11.9 Å². The Balaban J connectivity index is 1.57.